The second-order valence-electron chi connectivity index (χ2n) is 3.29. The highest BCUT2D eigenvalue weighted by molar-refractivity contribution is 5.92. The minimum atomic E-state index is -0.666. The SMILES string of the molecule is CCOC(=O)Cc1ccc(C#CC(N)=O)cc1. The molecule has 4 heteroatoms. The third-order valence-corrected chi connectivity index (χ3v) is 1.94. The summed E-state index contributed by atoms with van der Waals surface area (Å²) >= 11 is 0. The van der Waals surface area contributed by atoms with Crippen LogP contribution < -0.4 is 5.73 Å². The molecule has 0 spiro atoms. The molecule has 0 heterocycles. The Labute approximate surface area is 99.8 Å². The molecular weight excluding hydrogens is 218 g/mol. The molecule has 88 valence electrons. The molecule has 4 nitrogen and oxygen atoms in total. The number of benzene rings is 1. The molecule has 1 rings (SSSR count). The van der Waals surface area contributed by atoms with Gasteiger partial charge >= 0.3 is 5.97 Å². The van der Waals surface area contributed by atoms with Gasteiger partial charge in [-0.25, -0.2) is 0 Å². The molecule has 0 aliphatic heterocycles. The average Bonchev–Trinajstić information content (AvgIpc) is 2.28. The predicted octanol–water partition coefficient (Wildman–Crippen LogP) is 0.629. The summed E-state index contributed by atoms with van der Waals surface area (Å²) < 4.78 is 4.83. The van der Waals surface area contributed by atoms with E-state index in [-0.39, 0.29) is 12.4 Å². The van der Waals surface area contributed by atoms with E-state index in [1.807, 2.05) is 0 Å². The van der Waals surface area contributed by atoms with Crippen molar-refractivity contribution in [3.63, 3.8) is 0 Å². The second kappa shape index (κ2) is 6.33. The van der Waals surface area contributed by atoms with E-state index in [2.05, 4.69) is 11.8 Å². The van der Waals surface area contributed by atoms with Crippen LogP contribution in [-0.4, -0.2) is 18.5 Å². The maximum Gasteiger partial charge on any atom is 0.310 e. The largest absolute Gasteiger partial charge is 0.466 e. The van der Waals surface area contributed by atoms with Gasteiger partial charge in [-0.05, 0) is 30.5 Å². The van der Waals surface area contributed by atoms with Crippen LogP contribution in [0.1, 0.15) is 18.1 Å². The summed E-state index contributed by atoms with van der Waals surface area (Å²) in [6.07, 6.45) is 0.234. The van der Waals surface area contributed by atoms with Gasteiger partial charge < -0.3 is 10.5 Å². The predicted molar refractivity (Wildman–Crippen MR) is 62.9 cm³/mol. The van der Waals surface area contributed by atoms with Crippen LogP contribution in [0.4, 0.5) is 0 Å². The monoisotopic (exact) mass is 231 g/mol. The number of esters is 1. The molecule has 0 atom stereocenters. The zero-order valence-corrected chi connectivity index (χ0v) is 9.53. The van der Waals surface area contributed by atoms with Gasteiger partial charge in [0.15, 0.2) is 0 Å². The third-order valence-electron chi connectivity index (χ3n) is 1.94. The highest BCUT2D eigenvalue weighted by Crippen LogP contribution is 2.05. The van der Waals surface area contributed by atoms with Crippen LogP contribution in [0.5, 0.6) is 0 Å². The zero-order valence-electron chi connectivity index (χ0n) is 9.53. The van der Waals surface area contributed by atoms with Gasteiger partial charge in [0.2, 0.25) is 0 Å². The Morgan fingerprint density at radius 2 is 1.94 bits per heavy atom. The van der Waals surface area contributed by atoms with Gasteiger partial charge in [0.25, 0.3) is 5.91 Å². The van der Waals surface area contributed by atoms with E-state index in [0.29, 0.717) is 12.2 Å². The summed E-state index contributed by atoms with van der Waals surface area (Å²) in [7, 11) is 0. The number of hydrogen-bond donors (Lipinski definition) is 1. The van der Waals surface area contributed by atoms with E-state index < -0.39 is 5.91 Å². The van der Waals surface area contributed by atoms with Gasteiger partial charge in [0.05, 0.1) is 13.0 Å². The first-order valence-corrected chi connectivity index (χ1v) is 5.18. The summed E-state index contributed by atoms with van der Waals surface area (Å²) in [5.41, 5.74) is 6.41. The molecule has 1 amide bonds. The van der Waals surface area contributed by atoms with Crippen molar-refractivity contribution < 1.29 is 14.3 Å². The van der Waals surface area contributed by atoms with Crippen molar-refractivity contribution in [2.24, 2.45) is 5.73 Å². The lowest BCUT2D eigenvalue weighted by Crippen LogP contribution is -2.07. The average molecular weight is 231 g/mol. The molecule has 0 saturated heterocycles. The summed E-state index contributed by atoms with van der Waals surface area (Å²) in [6.45, 7) is 2.14. The van der Waals surface area contributed by atoms with E-state index in [0.717, 1.165) is 5.56 Å². The van der Waals surface area contributed by atoms with Gasteiger partial charge in [-0.1, -0.05) is 18.1 Å². The van der Waals surface area contributed by atoms with Crippen molar-refractivity contribution in [1.82, 2.24) is 0 Å². The number of carbonyl (C=O) groups is 2. The summed E-state index contributed by atoms with van der Waals surface area (Å²) in [6, 6.07) is 6.98. The Kier molecular flexibility index (Phi) is 4.77. The number of primary amides is 1. The molecular formula is C13H13NO3. The Bertz CT molecular complexity index is 466. The molecule has 2 N–H and O–H groups in total. The fourth-order valence-electron chi connectivity index (χ4n) is 1.22. The lowest BCUT2D eigenvalue weighted by atomic mass is 10.1. The lowest BCUT2D eigenvalue weighted by molar-refractivity contribution is -0.142. The second-order valence-corrected chi connectivity index (χ2v) is 3.29. The lowest BCUT2D eigenvalue weighted by Gasteiger charge is -2.01. The van der Waals surface area contributed by atoms with Crippen molar-refractivity contribution in [3.8, 4) is 11.8 Å². The normalized spacial score (nSPS) is 9.00. The summed E-state index contributed by atoms with van der Waals surface area (Å²) in [4.78, 5) is 21.6. The molecule has 0 bridgehead atoms. The standard InChI is InChI=1S/C13H13NO3/c1-2-17-13(16)9-11-5-3-10(4-6-11)7-8-12(14)15/h3-6H,2,9H2,1H3,(H2,14,15). The Hall–Kier alpha value is -2.28. The zero-order chi connectivity index (χ0) is 12.7. The van der Waals surface area contributed by atoms with Crippen molar-refractivity contribution >= 4 is 11.9 Å². The number of rotatable bonds is 3. The molecule has 0 unspecified atom stereocenters. The van der Waals surface area contributed by atoms with Gasteiger partial charge in [0.1, 0.15) is 0 Å². The van der Waals surface area contributed by atoms with Crippen LogP contribution in [0, 0.1) is 11.8 Å². The number of ether oxygens (including phenoxy) is 1. The minimum absolute atomic E-state index is 0.234. The summed E-state index contributed by atoms with van der Waals surface area (Å²) in [5, 5.41) is 0. The van der Waals surface area contributed by atoms with Crippen LogP contribution in [-0.2, 0) is 20.7 Å². The molecule has 0 fully saturated rings. The quantitative estimate of drug-likeness (QED) is 0.612. The maximum absolute atomic E-state index is 11.2. The number of nitrogens with two attached hydrogens (primary N) is 1. The van der Waals surface area contributed by atoms with Gasteiger partial charge in [0, 0.05) is 5.56 Å². The highest BCUT2D eigenvalue weighted by Gasteiger charge is 2.02. The maximum atomic E-state index is 11.2. The van der Waals surface area contributed by atoms with E-state index >= 15 is 0 Å². The number of hydrogen-bond acceptors (Lipinski definition) is 3. The first-order chi connectivity index (χ1) is 8.11. The first kappa shape index (κ1) is 12.8. The van der Waals surface area contributed by atoms with E-state index in [9.17, 15) is 9.59 Å². The van der Waals surface area contributed by atoms with Crippen LogP contribution in [0.15, 0.2) is 24.3 Å². The third kappa shape index (κ3) is 4.85. The van der Waals surface area contributed by atoms with Gasteiger partial charge in [-0.3, -0.25) is 9.59 Å². The van der Waals surface area contributed by atoms with E-state index in [1.165, 1.54) is 0 Å². The van der Waals surface area contributed by atoms with E-state index in [1.54, 1.807) is 31.2 Å². The highest BCUT2D eigenvalue weighted by atomic mass is 16.5. The Morgan fingerprint density at radius 3 is 2.47 bits per heavy atom. The Morgan fingerprint density at radius 1 is 1.29 bits per heavy atom. The van der Waals surface area contributed by atoms with Crippen molar-refractivity contribution in [1.29, 1.82) is 0 Å². The topological polar surface area (TPSA) is 69.4 Å². The molecule has 0 aliphatic rings. The fraction of sp³-hybridized carbons (Fsp3) is 0.231. The molecule has 0 saturated carbocycles. The molecule has 17 heavy (non-hydrogen) atoms. The van der Waals surface area contributed by atoms with Crippen LogP contribution >= 0.6 is 0 Å². The minimum Gasteiger partial charge on any atom is -0.466 e. The van der Waals surface area contributed by atoms with Crippen LogP contribution in [0.2, 0.25) is 0 Å². The van der Waals surface area contributed by atoms with Crippen LogP contribution in [0.25, 0.3) is 0 Å². The number of carbonyl (C=O) groups excluding carboxylic acids is 2. The molecule has 0 aliphatic carbocycles. The summed E-state index contributed by atoms with van der Waals surface area (Å²) in [5.74, 6) is 3.92. The van der Waals surface area contributed by atoms with Crippen molar-refractivity contribution in [2.75, 3.05) is 6.61 Å². The molecule has 0 aromatic heterocycles. The Balaban J connectivity index is 2.66. The van der Waals surface area contributed by atoms with Crippen molar-refractivity contribution in [2.45, 2.75) is 13.3 Å². The molecule has 0 radical (unpaired) electrons. The van der Waals surface area contributed by atoms with Gasteiger partial charge in [-0.2, -0.15) is 0 Å². The van der Waals surface area contributed by atoms with E-state index in [4.69, 9.17) is 10.5 Å². The van der Waals surface area contributed by atoms with Gasteiger partial charge in [-0.15, -0.1) is 0 Å². The van der Waals surface area contributed by atoms with Crippen LogP contribution in [0.3, 0.4) is 0 Å². The number of amides is 1. The van der Waals surface area contributed by atoms with Crippen molar-refractivity contribution in [3.05, 3.63) is 35.4 Å². The molecule has 1 aromatic rings. The smallest absolute Gasteiger partial charge is 0.310 e. The molecule has 1 aromatic carbocycles. The fourth-order valence-corrected chi connectivity index (χ4v) is 1.22. The first-order valence-electron chi connectivity index (χ1n) is 5.18.